The van der Waals surface area contributed by atoms with Crippen molar-refractivity contribution in [1.82, 2.24) is 0 Å². The summed E-state index contributed by atoms with van der Waals surface area (Å²) >= 11 is 0. The molecule has 0 bridgehead atoms. The Hall–Kier alpha value is -0.0800. The molecular formula is C13H30O2. The van der Waals surface area contributed by atoms with Gasteiger partial charge in [-0.2, -0.15) is 0 Å². The first-order valence-corrected chi connectivity index (χ1v) is 6.34. The van der Waals surface area contributed by atoms with Gasteiger partial charge in [-0.1, -0.05) is 41.5 Å². The molecule has 0 aromatic carbocycles. The fourth-order valence-corrected chi connectivity index (χ4v) is 2.13. The molecule has 0 amide bonds. The minimum absolute atomic E-state index is 0.128. The molecule has 0 saturated heterocycles. The topological polar surface area (TPSA) is 40.5 Å². The normalized spacial score (nSPS) is 27.2. The molecule has 1 aliphatic carbocycles. The number of aliphatic hydroxyl groups is 2. The van der Waals surface area contributed by atoms with Crippen LogP contribution in [0.2, 0.25) is 0 Å². The molecule has 0 radical (unpaired) electrons. The third-order valence-corrected chi connectivity index (χ3v) is 3.41. The van der Waals surface area contributed by atoms with Gasteiger partial charge in [0.15, 0.2) is 0 Å². The number of hydrogen-bond acceptors (Lipinski definition) is 2. The van der Waals surface area contributed by atoms with Crippen LogP contribution >= 0.6 is 0 Å². The van der Waals surface area contributed by atoms with Crippen molar-refractivity contribution >= 4 is 0 Å². The molecule has 0 spiro atoms. The quantitative estimate of drug-likeness (QED) is 0.748. The van der Waals surface area contributed by atoms with Crippen LogP contribution in [-0.4, -0.2) is 23.4 Å². The zero-order valence-corrected chi connectivity index (χ0v) is 11.4. The minimum Gasteiger partial charge on any atom is -0.396 e. The highest BCUT2D eigenvalue weighted by Crippen LogP contribution is 2.46. The second kappa shape index (κ2) is 9.17. The number of hydrogen-bond donors (Lipinski definition) is 2. The van der Waals surface area contributed by atoms with Gasteiger partial charge in [0.25, 0.3) is 0 Å². The van der Waals surface area contributed by atoms with Gasteiger partial charge in [-0.25, -0.2) is 0 Å². The number of rotatable bonds is 2. The lowest BCUT2D eigenvalue weighted by atomic mass is 9.76. The van der Waals surface area contributed by atoms with Crippen LogP contribution in [0.5, 0.6) is 0 Å². The smallest absolute Gasteiger partial charge is 0.0464 e. The maximum Gasteiger partial charge on any atom is 0.0464 e. The maximum absolute atomic E-state index is 9.03. The predicted molar refractivity (Wildman–Crippen MR) is 66.9 cm³/mol. The Kier molecular flexibility index (Phi) is 10.6. The molecule has 1 saturated carbocycles. The summed E-state index contributed by atoms with van der Waals surface area (Å²) in [6.45, 7) is 12.8. The molecule has 2 heteroatoms. The van der Waals surface area contributed by atoms with Crippen LogP contribution in [-0.2, 0) is 0 Å². The standard InChI is InChI=1S/C9H18O2.2C2H6/c1-9(2)7(5-10)3-4-8(9)6-11;2*1-2/h7-8,10-11H,3-6H2,1-2H3;2*1-2H3. The van der Waals surface area contributed by atoms with E-state index >= 15 is 0 Å². The first-order chi connectivity index (χ1) is 7.12. The molecular weight excluding hydrogens is 188 g/mol. The van der Waals surface area contributed by atoms with Crippen LogP contribution in [0.4, 0.5) is 0 Å². The van der Waals surface area contributed by atoms with Crippen molar-refractivity contribution in [1.29, 1.82) is 0 Å². The molecule has 2 unspecified atom stereocenters. The summed E-state index contributed by atoms with van der Waals surface area (Å²) < 4.78 is 0. The highest BCUT2D eigenvalue weighted by atomic mass is 16.3. The third kappa shape index (κ3) is 4.52. The molecule has 2 nitrogen and oxygen atoms in total. The second-order valence-electron chi connectivity index (χ2n) is 4.16. The van der Waals surface area contributed by atoms with E-state index in [2.05, 4.69) is 13.8 Å². The minimum atomic E-state index is 0.128. The van der Waals surface area contributed by atoms with Gasteiger partial charge >= 0.3 is 0 Å². The zero-order valence-electron chi connectivity index (χ0n) is 11.4. The van der Waals surface area contributed by atoms with Crippen LogP contribution in [0.25, 0.3) is 0 Å². The van der Waals surface area contributed by atoms with E-state index in [1.807, 2.05) is 27.7 Å². The van der Waals surface area contributed by atoms with Gasteiger partial charge in [0.1, 0.15) is 0 Å². The molecule has 1 rings (SSSR count). The van der Waals surface area contributed by atoms with Gasteiger partial charge in [-0.3, -0.25) is 0 Å². The highest BCUT2D eigenvalue weighted by Gasteiger charge is 2.41. The average molecular weight is 218 g/mol. The Labute approximate surface area is 95.7 Å². The van der Waals surface area contributed by atoms with E-state index in [1.165, 1.54) is 0 Å². The molecule has 15 heavy (non-hydrogen) atoms. The summed E-state index contributed by atoms with van der Waals surface area (Å²) in [7, 11) is 0. The largest absolute Gasteiger partial charge is 0.396 e. The molecule has 1 aliphatic rings. The maximum atomic E-state index is 9.03. The Morgan fingerprint density at radius 2 is 1.13 bits per heavy atom. The molecule has 1 fully saturated rings. The molecule has 0 aromatic heterocycles. The van der Waals surface area contributed by atoms with Gasteiger partial charge in [-0.15, -0.1) is 0 Å². The van der Waals surface area contributed by atoms with Crippen LogP contribution in [0.1, 0.15) is 54.4 Å². The summed E-state index contributed by atoms with van der Waals surface area (Å²) in [5, 5.41) is 18.1. The second-order valence-corrected chi connectivity index (χ2v) is 4.16. The average Bonchev–Trinajstić information content (AvgIpc) is 2.58. The zero-order chi connectivity index (χ0) is 12.5. The summed E-state index contributed by atoms with van der Waals surface area (Å²) in [5.41, 5.74) is 0.128. The molecule has 94 valence electrons. The lowest BCUT2D eigenvalue weighted by Gasteiger charge is -2.30. The molecule has 0 heterocycles. The van der Waals surface area contributed by atoms with Crippen molar-refractivity contribution in [2.45, 2.75) is 54.4 Å². The third-order valence-electron chi connectivity index (χ3n) is 3.41. The first kappa shape index (κ1) is 17.3. The lowest BCUT2D eigenvalue weighted by Crippen LogP contribution is -2.29. The van der Waals surface area contributed by atoms with Crippen molar-refractivity contribution in [3.63, 3.8) is 0 Å². The molecule has 2 atom stereocenters. The fourth-order valence-electron chi connectivity index (χ4n) is 2.13. The summed E-state index contributed by atoms with van der Waals surface area (Å²) in [6, 6.07) is 0. The van der Waals surface area contributed by atoms with E-state index in [9.17, 15) is 0 Å². The summed E-state index contributed by atoms with van der Waals surface area (Å²) in [6.07, 6.45) is 2.13. The fraction of sp³-hybridized carbons (Fsp3) is 1.00. The van der Waals surface area contributed by atoms with Crippen LogP contribution in [0, 0.1) is 17.3 Å². The Morgan fingerprint density at radius 3 is 1.27 bits per heavy atom. The van der Waals surface area contributed by atoms with E-state index in [-0.39, 0.29) is 18.6 Å². The van der Waals surface area contributed by atoms with Crippen LogP contribution in [0.15, 0.2) is 0 Å². The van der Waals surface area contributed by atoms with E-state index in [4.69, 9.17) is 10.2 Å². The van der Waals surface area contributed by atoms with Gasteiger partial charge in [-0.05, 0) is 30.1 Å². The van der Waals surface area contributed by atoms with Gasteiger partial charge < -0.3 is 10.2 Å². The predicted octanol–water partition coefficient (Wildman–Crippen LogP) is 3.08. The Balaban J connectivity index is 0. The summed E-state index contributed by atoms with van der Waals surface area (Å²) in [4.78, 5) is 0. The lowest BCUT2D eigenvalue weighted by molar-refractivity contribution is 0.0811. The van der Waals surface area contributed by atoms with Crippen molar-refractivity contribution in [2.75, 3.05) is 13.2 Å². The highest BCUT2D eigenvalue weighted by molar-refractivity contribution is 4.91. The molecule has 0 aromatic rings. The van der Waals surface area contributed by atoms with Crippen molar-refractivity contribution in [2.24, 2.45) is 17.3 Å². The van der Waals surface area contributed by atoms with Crippen molar-refractivity contribution < 1.29 is 10.2 Å². The molecule has 2 N–H and O–H groups in total. The number of aliphatic hydroxyl groups excluding tert-OH is 2. The van der Waals surface area contributed by atoms with Crippen molar-refractivity contribution in [3.05, 3.63) is 0 Å². The van der Waals surface area contributed by atoms with E-state index in [0.29, 0.717) is 11.8 Å². The molecule has 0 aliphatic heterocycles. The Bertz CT molecular complexity index is 118. The van der Waals surface area contributed by atoms with E-state index in [0.717, 1.165) is 12.8 Å². The summed E-state index contributed by atoms with van der Waals surface area (Å²) in [5.74, 6) is 0.777. The van der Waals surface area contributed by atoms with Gasteiger partial charge in [0.05, 0.1) is 0 Å². The monoisotopic (exact) mass is 218 g/mol. The SMILES string of the molecule is CC.CC.CC1(C)C(CO)CCC1CO. The first-order valence-electron chi connectivity index (χ1n) is 6.34. The van der Waals surface area contributed by atoms with E-state index in [1.54, 1.807) is 0 Å². The Morgan fingerprint density at radius 1 is 0.867 bits per heavy atom. The van der Waals surface area contributed by atoms with Crippen molar-refractivity contribution in [3.8, 4) is 0 Å². The van der Waals surface area contributed by atoms with Gasteiger partial charge in [0.2, 0.25) is 0 Å². The van der Waals surface area contributed by atoms with Gasteiger partial charge in [0, 0.05) is 13.2 Å². The van der Waals surface area contributed by atoms with Crippen LogP contribution < -0.4 is 0 Å². The van der Waals surface area contributed by atoms with Crippen LogP contribution in [0.3, 0.4) is 0 Å². The van der Waals surface area contributed by atoms with E-state index < -0.39 is 0 Å².